The number of hydrogen-bond acceptors (Lipinski definition) is 5. The molecule has 2 aliphatic rings. The Labute approximate surface area is 201 Å². The molecule has 0 radical (unpaired) electrons. The molecule has 2 heterocycles. The van der Waals surface area contributed by atoms with Crippen LogP contribution in [-0.4, -0.2) is 69.4 Å². The van der Waals surface area contributed by atoms with Crippen molar-refractivity contribution in [3.63, 3.8) is 0 Å². The lowest BCUT2D eigenvalue weighted by Crippen LogP contribution is -2.53. The van der Waals surface area contributed by atoms with Crippen molar-refractivity contribution in [3.05, 3.63) is 53.8 Å². The maximum atomic E-state index is 13.3. The molecule has 2 fully saturated rings. The summed E-state index contributed by atoms with van der Waals surface area (Å²) in [5, 5.41) is 0. The van der Waals surface area contributed by atoms with Crippen LogP contribution in [0.25, 0.3) is 0 Å². The number of aryl methyl sites for hydroxylation is 1. The van der Waals surface area contributed by atoms with Gasteiger partial charge in [0.05, 0.1) is 17.4 Å². The minimum absolute atomic E-state index is 0.0153. The molecule has 2 aromatic carbocycles. The van der Waals surface area contributed by atoms with Gasteiger partial charge in [0, 0.05) is 45.0 Å². The smallest absolute Gasteiger partial charge is 0.243 e. The van der Waals surface area contributed by atoms with E-state index < -0.39 is 10.0 Å². The topological polar surface area (TPSA) is 70.2 Å². The van der Waals surface area contributed by atoms with E-state index >= 15 is 0 Å². The summed E-state index contributed by atoms with van der Waals surface area (Å²) in [5.74, 6) is 0.0777. The van der Waals surface area contributed by atoms with E-state index in [9.17, 15) is 17.6 Å². The van der Waals surface area contributed by atoms with Gasteiger partial charge in [-0.2, -0.15) is 4.31 Å². The van der Waals surface area contributed by atoms with Crippen molar-refractivity contribution >= 4 is 21.6 Å². The predicted molar refractivity (Wildman–Crippen MR) is 129 cm³/mol. The summed E-state index contributed by atoms with van der Waals surface area (Å²) in [5.41, 5.74) is 1.71. The van der Waals surface area contributed by atoms with Gasteiger partial charge in [-0.05, 0) is 74.7 Å². The minimum atomic E-state index is -3.69. The lowest BCUT2D eigenvalue weighted by molar-refractivity contribution is -0.137. The average molecular weight is 490 g/mol. The zero-order chi connectivity index (χ0) is 24.3. The van der Waals surface area contributed by atoms with Crippen molar-refractivity contribution in [1.82, 2.24) is 9.21 Å². The van der Waals surface area contributed by atoms with Crippen LogP contribution in [0.4, 0.5) is 10.1 Å². The highest BCUT2D eigenvalue weighted by Gasteiger charge is 2.36. The number of rotatable bonds is 6. The summed E-state index contributed by atoms with van der Waals surface area (Å²) < 4.78 is 46.8. The fourth-order valence-electron chi connectivity index (χ4n) is 4.71. The predicted octanol–water partition coefficient (Wildman–Crippen LogP) is 3.28. The molecule has 0 spiro atoms. The number of hydrogen-bond donors (Lipinski definition) is 0. The first-order valence-electron chi connectivity index (χ1n) is 11.8. The molecule has 0 bridgehead atoms. The van der Waals surface area contributed by atoms with E-state index in [-0.39, 0.29) is 29.1 Å². The highest BCUT2D eigenvalue weighted by atomic mass is 32.2. The number of sulfonamides is 1. The minimum Gasteiger partial charge on any atom is -0.494 e. The Hall–Kier alpha value is -2.65. The maximum absolute atomic E-state index is 13.3. The molecule has 0 N–H and O–H groups in total. The first-order valence-corrected chi connectivity index (χ1v) is 13.3. The molecule has 184 valence electrons. The summed E-state index contributed by atoms with van der Waals surface area (Å²) in [7, 11) is -3.69. The summed E-state index contributed by atoms with van der Waals surface area (Å²) in [4.78, 5) is 17.4. The normalized spacial score (nSPS) is 19.8. The number of anilines is 1. The molecule has 1 amide bonds. The molecule has 1 atom stereocenters. The maximum Gasteiger partial charge on any atom is 0.243 e. The highest BCUT2D eigenvalue weighted by molar-refractivity contribution is 7.89. The van der Waals surface area contributed by atoms with Crippen molar-refractivity contribution in [2.75, 3.05) is 50.8 Å². The van der Waals surface area contributed by atoms with E-state index in [1.54, 1.807) is 30.3 Å². The number of nitrogens with zero attached hydrogens (tertiary/aromatic N) is 3. The molecule has 0 unspecified atom stereocenters. The van der Waals surface area contributed by atoms with E-state index in [2.05, 4.69) is 4.90 Å². The van der Waals surface area contributed by atoms with Crippen LogP contribution in [0.15, 0.2) is 47.4 Å². The van der Waals surface area contributed by atoms with Gasteiger partial charge in [-0.3, -0.25) is 4.79 Å². The quantitative estimate of drug-likeness (QED) is 0.623. The fourth-order valence-corrected chi connectivity index (χ4v) is 6.32. The van der Waals surface area contributed by atoms with Gasteiger partial charge in [-0.25, -0.2) is 12.8 Å². The average Bonchev–Trinajstić information content (AvgIpc) is 2.85. The molecule has 4 rings (SSSR count). The van der Waals surface area contributed by atoms with E-state index in [0.29, 0.717) is 57.9 Å². The van der Waals surface area contributed by atoms with Crippen molar-refractivity contribution in [2.24, 2.45) is 5.92 Å². The number of piperazine rings is 1. The van der Waals surface area contributed by atoms with Gasteiger partial charge in [-0.15, -0.1) is 0 Å². The zero-order valence-corrected chi connectivity index (χ0v) is 20.6. The van der Waals surface area contributed by atoms with E-state index in [1.807, 2.05) is 18.7 Å². The first-order chi connectivity index (χ1) is 16.3. The Morgan fingerprint density at radius 2 is 1.76 bits per heavy atom. The van der Waals surface area contributed by atoms with Crippen LogP contribution >= 0.6 is 0 Å². The number of benzene rings is 2. The molecule has 7 nitrogen and oxygen atoms in total. The summed E-state index contributed by atoms with van der Waals surface area (Å²) in [6, 6.07) is 11.3. The second-order valence-electron chi connectivity index (χ2n) is 8.85. The largest absolute Gasteiger partial charge is 0.494 e. The monoisotopic (exact) mass is 489 g/mol. The van der Waals surface area contributed by atoms with Crippen molar-refractivity contribution in [1.29, 1.82) is 0 Å². The van der Waals surface area contributed by atoms with Gasteiger partial charge >= 0.3 is 0 Å². The third-order valence-corrected chi connectivity index (χ3v) is 8.46. The zero-order valence-electron chi connectivity index (χ0n) is 19.7. The number of halogens is 1. The molecule has 0 aliphatic carbocycles. The molecule has 34 heavy (non-hydrogen) atoms. The van der Waals surface area contributed by atoms with Crippen LogP contribution in [-0.2, 0) is 14.8 Å². The number of amides is 1. The van der Waals surface area contributed by atoms with E-state index in [4.69, 9.17) is 4.74 Å². The van der Waals surface area contributed by atoms with Crippen LogP contribution in [0.5, 0.6) is 5.75 Å². The lowest BCUT2D eigenvalue weighted by Gasteiger charge is -2.39. The standard InChI is InChI=1S/C25H32FN3O4S/c1-3-33-24-11-10-23(17-19(24)2)34(31,32)29-12-4-5-20(18-29)25(30)28-15-13-27(14-16-28)22-8-6-21(26)7-9-22/h6-11,17,20H,3-5,12-16,18H2,1-2H3/t20-/m0/s1. The van der Waals surface area contributed by atoms with Crippen LogP contribution in [0.2, 0.25) is 0 Å². The van der Waals surface area contributed by atoms with Crippen LogP contribution in [0, 0.1) is 18.7 Å². The third kappa shape index (κ3) is 5.20. The van der Waals surface area contributed by atoms with E-state index in [1.165, 1.54) is 16.4 Å². The number of carbonyl (C=O) groups is 1. The SMILES string of the molecule is CCOc1ccc(S(=O)(=O)N2CCC[C@H](C(=O)N3CCN(c4ccc(F)cc4)CC3)C2)cc1C. The Balaban J connectivity index is 1.39. The van der Waals surface area contributed by atoms with Gasteiger partial charge in [0.15, 0.2) is 0 Å². The Kier molecular flexibility index (Phi) is 7.42. The summed E-state index contributed by atoms with van der Waals surface area (Å²) >= 11 is 0. The molecule has 2 aromatic rings. The summed E-state index contributed by atoms with van der Waals surface area (Å²) in [6.07, 6.45) is 1.34. The van der Waals surface area contributed by atoms with Crippen LogP contribution in [0.3, 0.4) is 0 Å². The lowest BCUT2D eigenvalue weighted by atomic mass is 9.97. The molecule has 0 saturated carbocycles. The van der Waals surface area contributed by atoms with Crippen LogP contribution < -0.4 is 9.64 Å². The fraction of sp³-hybridized carbons (Fsp3) is 0.480. The second kappa shape index (κ2) is 10.3. The molecule has 2 aliphatic heterocycles. The summed E-state index contributed by atoms with van der Waals surface area (Å²) in [6.45, 7) is 7.31. The van der Waals surface area contributed by atoms with Crippen LogP contribution in [0.1, 0.15) is 25.3 Å². The van der Waals surface area contributed by atoms with Gasteiger partial charge in [0.1, 0.15) is 11.6 Å². The molecule has 0 aromatic heterocycles. The Bertz CT molecular complexity index is 1120. The molecule has 9 heteroatoms. The number of piperidine rings is 1. The molecular weight excluding hydrogens is 457 g/mol. The number of ether oxygens (including phenoxy) is 1. The molecular formula is C25H32FN3O4S. The Morgan fingerprint density at radius 3 is 2.41 bits per heavy atom. The third-order valence-electron chi connectivity index (χ3n) is 6.60. The second-order valence-corrected chi connectivity index (χ2v) is 10.8. The first kappa shape index (κ1) is 24.5. The van der Waals surface area contributed by atoms with Gasteiger partial charge in [-0.1, -0.05) is 0 Å². The number of carbonyl (C=O) groups excluding carboxylic acids is 1. The van der Waals surface area contributed by atoms with Crippen molar-refractivity contribution in [2.45, 2.75) is 31.6 Å². The molecule has 2 saturated heterocycles. The van der Waals surface area contributed by atoms with Gasteiger partial charge < -0.3 is 14.5 Å². The highest BCUT2D eigenvalue weighted by Crippen LogP contribution is 2.28. The van der Waals surface area contributed by atoms with E-state index in [0.717, 1.165) is 11.3 Å². The van der Waals surface area contributed by atoms with Crippen molar-refractivity contribution in [3.8, 4) is 5.75 Å². The van der Waals surface area contributed by atoms with Gasteiger partial charge in [0.2, 0.25) is 15.9 Å². The van der Waals surface area contributed by atoms with Gasteiger partial charge in [0.25, 0.3) is 0 Å². The Morgan fingerprint density at radius 1 is 1.06 bits per heavy atom. The van der Waals surface area contributed by atoms with Crippen molar-refractivity contribution < 1.29 is 22.3 Å².